The first-order valence-electron chi connectivity index (χ1n) is 14.4. The van der Waals surface area contributed by atoms with Gasteiger partial charge in [0.1, 0.15) is 0 Å². The molecule has 3 saturated heterocycles. The van der Waals surface area contributed by atoms with Crippen LogP contribution in [-0.4, -0.2) is 54.7 Å². The van der Waals surface area contributed by atoms with Crippen molar-refractivity contribution >= 4 is 95.6 Å². The van der Waals surface area contributed by atoms with Crippen LogP contribution in [0.4, 0.5) is 0 Å². The first-order chi connectivity index (χ1) is 19.8. The molecule has 0 atom stereocenters. The van der Waals surface area contributed by atoms with Crippen LogP contribution in [0.1, 0.15) is 83.1 Å². The Morgan fingerprint density at radius 1 is 0.477 bits per heavy atom. The third kappa shape index (κ3) is 8.28. The summed E-state index contributed by atoms with van der Waals surface area (Å²) in [7, 11) is -1.42. The van der Waals surface area contributed by atoms with Crippen molar-refractivity contribution in [1.82, 2.24) is 0 Å². The minimum absolute atomic E-state index is 0.360. The number of hydrogen-bond donors (Lipinski definition) is 0. The van der Waals surface area contributed by atoms with Crippen molar-refractivity contribution in [3.63, 3.8) is 0 Å². The van der Waals surface area contributed by atoms with Gasteiger partial charge in [-0.15, -0.1) is 0 Å². The molecule has 2 aromatic carbocycles. The Morgan fingerprint density at radius 3 is 1.14 bits per heavy atom. The molecule has 3 aliphatic rings. The van der Waals surface area contributed by atoms with E-state index in [9.17, 15) is 0 Å². The van der Waals surface area contributed by atoms with Crippen molar-refractivity contribution in [2.24, 2.45) is 0 Å². The molecular weight excluding hydrogens is 757 g/mol. The highest BCUT2D eigenvalue weighted by Gasteiger charge is 2.63. The van der Waals surface area contributed by atoms with Gasteiger partial charge in [0.05, 0.1) is 53.7 Å². The Balaban J connectivity index is 0.000000190. The number of hydrogen-bond acceptors (Lipinski definition) is 6. The van der Waals surface area contributed by atoms with E-state index in [0.717, 1.165) is 9.03 Å². The molecule has 5 rings (SSSR count). The van der Waals surface area contributed by atoms with Gasteiger partial charge in [-0.2, -0.15) is 0 Å². The van der Waals surface area contributed by atoms with Crippen LogP contribution in [0.15, 0.2) is 36.4 Å². The van der Waals surface area contributed by atoms with Gasteiger partial charge in [-0.25, -0.2) is 0 Å². The van der Waals surface area contributed by atoms with Crippen LogP contribution < -0.4 is 5.46 Å². The van der Waals surface area contributed by atoms with Gasteiger partial charge in [0.25, 0.3) is 0 Å². The van der Waals surface area contributed by atoms with E-state index in [1.807, 2.05) is 107 Å². The Morgan fingerprint density at radius 2 is 0.795 bits per heavy atom. The van der Waals surface area contributed by atoms with E-state index in [0.29, 0.717) is 20.1 Å². The summed E-state index contributed by atoms with van der Waals surface area (Å²) in [6.45, 7) is 24.2. The standard InChI is InChI=1S/C12H24B2O4.C12H15BCl2O2.C6H3Cl2I/c1-9(2)10(3,4)16-13(15-9)14-17-11(5,6)12(7,8)18-14;1-11(2)12(3,4)17-13(16-11)8-6-5-7-9(14)10(8)15;7-4-2-1-3-5(9)6(4)8/h1-8H3;5-7H,1-4H3;1-3H. The van der Waals surface area contributed by atoms with Crippen LogP contribution in [0.3, 0.4) is 0 Å². The topological polar surface area (TPSA) is 55.4 Å². The van der Waals surface area contributed by atoms with Gasteiger partial charge >= 0.3 is 21.1 Å². The highest BCUT2D eigenvalue weighted by molar-refractivity contribution is 14.1. The molecule has 0 radical (unpaired) electrons. The van der Waals surface area contributed by atoms with Crippen molar-refractivity contribution in [3.05, 3.63) is 60.1 Å². The molecule has 3 heterocycles. The van der Waals surface area contributed by atoms with Crippen LogP contribution >= 0.6 is 69.0 Å². The van der Waals surface area contributed by atoms with Gasteiger partial charge in [0.2, 0.25) is 0 Å². The summed E-state index contributed by atoms with van der Waals surface area (Å²) in [6.07, 6.45) is 0. The fraction of sp³-hybridized carbons (Fsp3) is 0.600. The highest BCUT2D eigenvalue weighted by atomic mass is 127. The fourth-order valence-electron chi connectivity index (χ4n) is 4.15. The number of halogens is 5. The van der Waals surface area contributed by atoms with E-state index in [2.05, 4.69) is 22.6 Å². The molecule has 0 spiro atoms. The van der Waals surface area contributed by atoms with E-state index in [1.54, 1.807) is 12.1 Å². The molecule has 0 unspecified atom stereocenters. The second-order valence-electron chi connectivity index (χ2n) is 14.0. The minimum atomic E-state index is -0.476. The zero-order chi connectivity index (χ0) is 33.7. The summed E-state index contributed by atoms with van der Waals surface area (Å²) in [5.74, 6) is 0. The van der Waals surface area contributed by atoms with E-state index in [1.165, 1.54) is 0 Å². The lowest BCUT2D eigenvalue weighted by molar-refractivity contribution is 0.00578. The Kier molecular flexibility index (Phi) is 12.0. The average Bonchev–Trinajstić information content (AvgIpc) is 3.33. The molecular formula is C30H42B3Cl4IO6. The van der Waals surface area contributed by atoms with Crippen molar-refractivity contribution in [1.29, 1.82) is 0 Å². The maximum atomic E-state index is 6.17. The van der Waals surface area contributed by atoms with Gasteiger partial charge in [-0.3, -0.25) is 0 Å². The van der Waals surface area contributed by atoms with Crippen LogP contribution in [0.5, 0.6) is 0 Å². The molecule has 3 fully saturated rings. The largest absolute Gasteiger partial charge is 0.496 e. The lowest BCUT2D eigenvalue weighted by Gasteiger charge is -2.32. The molecule has 0 amide bonds. The summed E-state index contributed by atoms with van der Waals surface area (Å²) in [4.78, 5) is 0. The van der Waals surface area contributed by atoms with Crippen molar-refractivity contribution in [2.45, 2.75) is 117 Å². The molecule has 6 nitrogen and oxygen atoms in total. The van der Waals surface area contributed by atoms with E-state index < -0.39 is 21.1 Å². The molecule has 0 aliphatic carbocycles. The molecule has 2 aromatic rings. The van der Waals surface area contributed by atoms with Gasteiger partial charge in [0, 0.05) is 9.03 Å². The third-order valence-electron chi connectivity index (χ3n) is 9.16. The zero-order valence-corrected chi connectivity index (χ0v) is 32.7. The second kappa shape index (κ2) is 13.7. The van der Waals surface area contributed by atoms with E-state index >= 15 is 0 Å². The molecule has 0 bridgehead atoms. The summed E-state index contributed by atoms with van der Waals surface area (Å²) >= 11 is 25.7. The summed E-state index contributed by atoms with van der Waals surface area (Å²) in [5.41, 5.74) is -1.41. The molecule has 0 N–H and O–H groups in total. The maximum Gasteiger partial charge on any atom is 0.496 e. The fourth-order valence-corrected chi connectivity index (χ4v) is 5.50. The monoisotopic (exact) mass is 798 g/mol. The lowest BCUT2D eigenvalue weighted by atomic mass is 9.49. The zero-order valence-electron chi connectivity index (χ0n) is 27.5. The van der Waals surface area contributed by atoms with Gasteiger partial charge in [-0.05, 0) is 124 Å². The van der Waals surface area contributed by atoms with E-state index in [4.69, 9.17) is 74.3 Å². The van der Waals surface area contributed by atoms with Gasteiger partial charge in [0.15, 0.2) is 0 Å². The smallest absolute Gasteiger partial charge is 0.405 e. The quantitative estimate of drug-likeness (QED) is 0.172. The molecule has 14 heteroatoms. The van der Waals surface area contributed by atoms with Crippen molar-refractivity contribution < 1.29 is 27.9 Å². The average molecular weight is 800 g/mol. The summed E-state index contributed by atoms with van der Waals surface area (Å²) in [5, 5.41) is 2.26. The molecule has 0 aromatic heterocycles. The summed E-state index contributed by atoms with van der Waals surface area (Å²) < 4.78 is 36.7. The molecule has 0 saturated carbocycles. The predicted octanol–water partition coefficient (Wildman–Crippen LogP) is 9.14. The molecule has 242 valence electrons. The Labute approximate surface area is 298 Å². The van der Waals surface area contributed by atoms with Crippen LogP contribution in [0, 0.1) is 3.57 Å². The number of benzene rings is 2. The Hall–Kier alpha value is 0.285. The van der Waals surface area contributed by atoms with Crippen molar-refractivity contribution in [2.75, 3.05) is 0 Å². The van der Waals surface area contributed by atoms with Gasteiger partial charge in [-0.1, -0.05) is 64.6 Å². The maximum absolute atomic E-state index is 6.17. The van der Waals surface area contributed by atoms with Gasteiger partial charge < -0.3 is 27.9 Å². The second-order valence-corrected chi connectivity index (χ2v) is 16.7. The molecule has 44 heavy (non-hydrogen) atoms. The minimum Gasteiger partial charge on any atom is -0.405 e. The van der Waals surface area contributed by atoms with Crippen LogP contribution in [0.2, 0.25) is 20.1 Å². The van der Waals surface area contributed by atoms with Crippen LogP contribution in [-0.2, 0) is 27.9 Å². The number of rotatable bonds is 2. The molecule has 3 aliphatic heterocycles. The predicted molar refractivity (Wildman–Crippen MR) is 194 cm³/mol. The SMILES string of the molecule is CC1(C)OB(B2OC(C)(C)C(C)(C)O2)OC1(C)C.CC1(C)OB(c2cccc(Cl)c2Cl)OC1(C)C.Clc1cccc(I)c1Cl. The normalized spacial score (nSPS) is 23.5. The van der Waals surface area contributed by atoms with Crippen molar-refractivity contribution in [3.8, 4) is 0 Å². The highest BCUT2D eigenvalue weighted by Crippen LogP contribution is 2.43. The third-order valence-corrected chi connectivity index (χ3v) is 12.0. The lowest BCUT2D eigenvalue weighted by Crippen LogP contribution is -2.41. The first-order valence-corrected chi connectivity index (χ1v) is 17.0. The summed E-state index contributed by atoms with van der Waals surface area (Å²) in [6, 6.07) is 11.0. The first kappa shape index (κ1) is 38.7. The Bertz CT molecular complexity index is 1240. The van der Waals surface area contributed by atoms with Crippen LogP contribution in [0.25, 0.3) is 0 Å². The van der Waals surface area contributed by atoms with E-state index in [-0.39, 0.29) is 33.6 Å².